The van der Waals surface area contributed by atoms with Crippen LogP contribution in [0.15, 0.2) is 17.8 Å². The molecule has 130 valence electrons. The van der Waals surface area contributed by atoms with Crippen LogP contribution in [0.25, 0.3) is 10.6 Å². The number of rotatable bonds is 3. The number of aromatic nitrogens is 3. The molecule has 2 aromatic rings. The van der Waals surface area contributed by atoms with Crippen molar-refractivity contribution in [2.75, 3.05) is 0 Å². The second-order valence-corrected chi connectivity index (χ2v) is 8.77. The topological polar surface area (TPSA) is 71.8 Å². The van der Waals surface area contributed by atoms with E-state index >= 15 is 0 Å². The Morgan fingerprint density at radius 2 is 2.00 bits per heavy atom. The summed E-state index contributed by atoms with van der Waals surface area (Å²) in [6.45, 7) is 8.71. The van der Waals surface area contributed by atoms with E-state index in [1.807, 2.05) is 18.6 Å². The molecule has 1 aliphatic heterocycles. The number of amides is 1. The molecule has 0 radical (unpaired) electrons. The van der Waals surface area contributed by atoms with E-state index in [4.69, 9.17) is 0 Å². The first-order valence-electron chi connectivity index (χ1n) is 8.18. The van der Waals surface area contributed by atoms with Crippen LogP contribution in [0.5, 0.6) is 0 Å². The highest BCUT2D eigenvalue weighted by Gasteiger charge is 2.38. The van der Waals surface area contributed by atoms with E-state index in [-0.39, 0.29) is 23.0 Å². The van der Waals surface area contributed by atoms with E-state index in [0.717, 1.165) is 23.4 Å². The first-order valence-corrected chi connectivity index (χ1v) is 9.06. The Bertz CT molecular complexity index is 730. The molecule has 0 spiro atoms. The number of hydrogen-bond acceptors (Lipinski definition) is 5. The fourth-order valence-electron chi connectivity index (χ4n) is 3.73. The Labute approximate surface area is 146 Å². The van der Waals surface area contributed by atoms with E-state index < -0.39 is 0 Å². The maximum Gasteiger partial charge on any atom is 0.270 e. The molecule has 24 heavy (non-hydrogen) atoms. The van der Waals surface area contributed by atoms with Crippen molar-refractivity contribution < 1.29 is 4.79 Å². The zero-order valence-electron chi connectivity index (χ0n) is 14.9. The van der Waals surface area contributed by atoms with Crippen LogP contribution in [0.1, 0.15) is 51.0 Å². The van der Waals surface area contributed by atoms with Crippen molar-refractivity contribution in [3.05, 3.63) is 23.5 Å². The van der Waals surface area contributed by atoms with Gasteiger partial charge in [0.05, 0.1) is 6.20 Å². The fraction of sp³-hybridized carbons (Fsp3) is 0.588. The molecule has 1 aliphatic rings. The minimum absolute atomic E-state index is 0.00262. The van der Waals surface area contributed by atoms with Gasteiger partial charge in [-0.2, -0.15) is 5.10 Å². The molecule has 3 rings (SSSR count). The lowest BCUT2D eigenvalue weighted by Crippen LogP contribution is -2.62. The first kappa shape index (κ1) is 17.1. The van der Waals surface area contributed by atoms with Crippen molar-refractivity contribution in [2.45, 2.75) is 57.7 Å². The second-order valence-electron chi connectivity index (χ2n) is 7.91. The van der Waals surface area contributed by atoms with Crippen molar-refractivity contribution in [3.8, 4) is 10.6 Å². The van der Waals surface area contributed by atoms with Crippen molar-refractivity contribution >= 4 is 17.2 Å². The molecule has 0 bridgehead atoms. The zero-order chi connectivity index (χ0) is 17.5. The Morgan fingerprint density at radius 1 is 1.33 bits per heavy atom. The number of carbonyl (C=O) groups excluding carboxylic acids is 1. The summed E-state index contributed by atoms with van der Waals surface area (Å²) >= 11 is 1.47. The minimum atomic E-state index is -0.0973. The molecule has 2 N–H and O–H groups in total. The quantitative estimate of drug-likeness (QED) is 0.895. The summed E-state index contributed by atoms with van der Waals surface area (Å²) in [7, 11) is 1.87. The highest BCUT2D eigenvalue weighted by Crippen LogP contribution is 2.29. The van der Waals surface area contributed by atoms with E-state index in [1.165, 1.54) is 11.3 Å². The Balaban J connectivity index is 1.70. The summed E-state index contributed by atoms with van der Waals surface area (Å²) in [5.74, 6) is -0.0973. The minimum Gasteiger partial charge on any atom is -0.348 e. The SMILES string of the molecule is Cn1cc(-c2nc(C(=O)NC3CC(C)(C)NC(C)(C)C3)cs2)cn1. The van der Waals surface area contributed by atoms with Crippen LogP contribution >= 0.6 is 11.3 Å². The van der Waals surface area contributed by atoms with Crippen molar-refractivity contribution in [1.29, 1.82) is 0 Å². The van der Waals surface area contributed by atoms with E-state index in [0.29, 0.717) is 5.69 Å². The Hall–Kier alpha value is -1.73. The third kappa shape index (κ3) is 3.84. The van der Waals surface area contributed by atoms with Gasteiger partial charge in [-0.05, 0) is 40.5 Å². The van der Waals surface area contributed by atoms with Gasteiger partial charge in [0.2, 0.25) is 0 Å². The average molecular weight is 347 g/mol. The molecule has 0 aromatic carbocycles. The molecule has 0 aliphatic carbocycles. The summed E-state index contributed by atoms with van der Waals surface area (Å²) in [6, 6.07) is 0.146. The summed E-state index contributed by atoms with van der Waals surface area (Å²) in [5, 5.41) is 13.6. The molecule has 1 saturated heterocycles. The van der Waals surface area contributed by atoms with E-state index in [1.54, 1.807) is 10.9 Å². The molecule has 1 fully saturated rings. The fourth-order valence-corrected chi connectivity index (χ4v) is 4.50. The zero-order valence-corrected chi connectivity index (χ0v) is 15.7. The van der Waals surface area contributed by atoms with Crippen LogP contribution in [0.3, 0.4) is 0 Å². The lowest BCUT2D eigenvalue weighted by atomic mass is 9.79. The second kappa shape index (κ2) is 5.97. The number of piperidine rings is 1. The largest absolute Gasteiger partial charge is 0.348 e. The van der Waals surface area contributed by atoms with Gasteiger partial charge in [-0.25, -0.2) is 4.98 Å². The molecular weight excluding hydrogens is 322 g/mol. The average Bonchev–Trinajstić information content (AvgIpc) is 3.02. The normalized spacial score (nSPS) is 20.0. The highest BCUT2D eigenvalue weighted by atomic mass is 32.1. The predicted molar refractivity (Wildman–Crippen MR) is 96.1 cm³/mol. The Morgan fingerprint density at radius 3 is 2.58 bits per heavy atom. The number of carbonyl (C=O) groups is 1. The van der Waals surface area contributed by atoms with Crippen LogP contribution in [-0.2, 0) is 7.05 Å². The van der Waals surface area contributed by atoms with Crippen LogP contribution in [0.4, 0.5) is 0 Å². The molecule has 6 nitrogen and oxygen atoms in total. The number of nitrogens with zero attached hydrogens (tertiary/aromatic N) is 3. The summed E-state index contributed by atoms with van der Waals surface area (Å²) in [4.78, 5) is 17.0. The smallest absolute Gasteiger partial charge is 0.270 e. The van der Waals surface area contributed by atoms with Crippen LogP contribution in [-0.4, -0.2) is 37.8 Å². The lowest BCUT2D eigenvalue weighted by Gasteiger charge is -2.46. The van der Waals surface area contributed by atoms with Gasteiger partial charge in [0, 0.05) is 41.3 Å². The molecule has 0 atom stereocenters. The number of hydrogen-bond donors (Lipinski definition) is 2. The van der Waals surface area contributed by atoms with Gasteiger partial charge in [0.15, 0.2) is 0 Å². The molecule has 0 unspecified atom stereocenters. The Kier molecular flexibility index (Phi) is 4.25. The first-order chi connectivity index (χ1) is 11.1. The van der Waals surface area contributed by atoms with Gasteiger partial charge < -0.3 is 10.6 Å². The summed E-state index contributed by atoms with van der Waals surface area (Å²) < 4.78 is 1.73. The third-order valence-corrected chi connectivity index (χ3v) is 5.11. The van der Waals surface area contributed by atoms with Crippen LogP contribution in [0, 0.1) is 0 Å². The molecule has 1 amide bonds. The lowest BCUT2D eigenvalue weighted by molar-refractivity contribution is 0.0869. The monoisotopic (exact) mass is 347 g/mol. The molecule has 2 aromatic heterocycles. The van der Waals surface area contributed by atoms with E-state index in [9.17, 15) is 4.79 Å². The van der Waals surface area contributed by atoms with Gasteiger partial charge >= 0.3 is 0 Å². The number of nitrogens with one attached hydrogen (secondary N) is 2. The molecule has 7 heteroatoms. The summed E-state index contributed by atoms with van der Waals surface area (Å²) in [5.41, 5.74) is 1.42. The van der Waals surface area contributed by atoms with Gasteiger partial charge in [-0.1, -0.05) is 0 Å². The van der Waals surface area contributed by atoms with Crippen LogP contribution in [0.2, 0.25) is 0 Å². The number of thiazole rings is 1. The van der Waals surface area contributed by atoms with Gasteiger partial charge in [0.1, 0.15) is 10.7 Å². The molecule has 3 heterocycles. The molecule has 0 saturated carbocycles. The predicted octanol–water partition coefficient (Wildman–Crippen LogP) is 2.58. The molecular formula is C17H25N5OS. The van der Waals surface area contributed by atoms with Gasteiger partial charge in [0.25, 0.3) is 5.91 Å². The standard InChI is InChI=1S/C17H25N5OS/c1-16(2)6-12(7-17(3,4)21-16)19-14(23)13-10-24-15(20-13)11-8-18-22(5)9-11/h8-10,12,21H,6-7H2,1-5H3,(H,19,23). The highest BCUT2D eigenvalue weighted by molar-refractivity contribution is 7.13. The maximum absolute atomic E-state index is 12.6. The summed E-state index contributed by atoms with van der Waals surface area (Å²) in [6.07, 6.45) is 5.47. The van der Waals surface area contributed by atoms with Crippen molar-refractivity contribution in [2.24, 2.45) is 7.05 Å². The van der Waals surface area contributed by atoms with E-state index in [2.05, 4.69) is 48.4 Å². The number of aryl methyl sites for hydroxylation is 1. The van der Waals surface area contributed by atoms with Crippen molar-refractivity contribution in [1.82, 2.24) is 25.4 Å². The van der Waals surface area contributed by atoms with Crippen LogP contribution < -0.4 is 10.6 Å². The van der Waals surface area contributed by atoms with Gasteiger partial charge in [-0.15, -0.1) is 11.3 Å². The van der Waals surface area contributed by atoms with Crippen molar-refractivity contribution in [3.63, 3.8) is 0 Å². The van der Waals surface area contributed by atoms with Gasteiger partial charge in [-0.3, -0.25) is 9.48 Å². The maximum atomic E-state index is 12.6. The third-order valence-electron chi connectivity index (χ3n) is 4.21.